The van der Waals surface area contributed by atoms with Gasteiger partial charge in [-0.2, -0.15) is 5.10 Å². The fourth-order valence-electron chi connectivity index (χ4n) is 2.28. The van der Waals surface area contributed by atoms with E-state index in [4.69, 9.17) is 4.74 Å². The van der Waals surface area contributed by atoms with Gasteiger partial charge in [-0.3, -0.25) is 14.3 Å². The van der Waals surface area contributed by atoms with Crippen molar-refractivity contribution < 1.29 is 14.3 Å². The molecule has 1 saturated carbocycles. The number of rotatable bonds is 8. The minimum atomic E-state index is -0.257. The first-order valence-electron chi connectivity index (χ1n) is 7.57. The van der Waals surface area contributed by atoms with Gasteiger partial charge < -0.3 is 9.64 Å². The van der Waals surface area contributed by atoms with Crippen molar-refractivity contribution in [3.05, 3.63) is 11.8 Å². The number of esters is 1. The number of thioether (sulfide) groups is 1. The summed E-state index contributed by atoms with van der Waals surface area (Å²) in [5.74, 6) is 0.265. The zero-order chi connectivity index (χ0) is 16.1. The Kier molecular flexibility index (Phi) is 5.88. The predicted molar refractivity (Wildman–Crippen MR) is 84.9 cm³/mol. The van der Waals surface area contributed by atoms with E-state index in [1.54, 1.807) is 29.7 Å². The summed E-state index contributed by atoms with van der Waals surface area (Å²) in [7, 11) is 1.81. The van der Waals surface area contributed by atoms with Crippen LogP contribution in [0, 0.1) is 5.92 Å². The molecule has 1 aromatic rings. The van der Waals surface area contributed by atoms with Crippen molar-refractivity contribution in [2.45, 2.75) is 31.2 Å². The lowest BCUT2D eigenvalue weighted by molar-refractivity contribution is -0.143. The largest absolute Gasteiger partial charge is 0.466 e. The second-order valence-electron chi connectivity index (χ2n) is 5.48. The molecule has 0 aromatic carbocycles. The molecule has 2 rings (SSSR count). The van der Waals surface area contributed by atoms with Gasteiger partial charge in [-0.05, 0) is 31.9 Å². The van der Waals surface area contributed by atoms with Crippen LogP contribution in [-0.4, -0.2) is 52.5 Å². The SMILES string of the molecule is CCOC(=O)CCN(CC1CC1)C(=O)c1cn(C)nc1SC. The third kappa shape index (κ3) is 4.50. The summed E-state index contributed by atoms with van der Waals surface area (Å²) in [6.07, 6.45) is 6.21. The first-order valence-corrected chi connectivity index (χ1v) is 8.80. The van der Waals surface area contributed by atoms with Crippen molar-refractivity contribution >= 4 is 23.6 Å². The Morgan fingerprint density at radius 3 is 2.82 bits per heavy atom. The standard InChI is InChI=1S/C15H23N3O3S/c1-4-21-13(19)7-8-18(9-11-5-6-11)15(20)12-10-17(2)16-14(12)22-3/h10-11H,4-9H2,1-3H3. The molecule has 0 aliphatic heterocycles. The van der Waals surface area contributed by atoms with Gasteiger partial charge in [-0.25, -0.2) is 0 Å². The molecule has 7 heteroatoms. The summed E-state index contributed by atoms with van der Waals surface area (Å²) in [6, 6.07) is 0. The fourth-order valence-corrected chi connectivity index (χ4v) is 2.85. The number of aryl methyl sites for hydroxylation is 1. The lowest BCUT2D eigenvalue weighted by atomic mass is 10.2. The summed E-state index contributed by atoms with van der Waals surface area (Å²) in [4.78, 5) is 26.1. The molecule has 0 atom stereocenters. The molecule has 6 nitrogen and oxygen atoms in total. The molecule has 1 aliphatic carbocycles. The summed E-state index contributed by atoms with van der Waals surface area (Å²) in [5, 5.41) is 5.02. The van der Waals surface area contributed by atoms with Gasteiger partial charge >= 0.3 is 5.97 Å². The van der Waals surface area contributed by atoms with Crippen LogP contribution in [0.15, 0.2) is 11.2 Å². The molecule has 1 fully saturated rings. The maximum Gasteiger partial charge on any atom is 0.307 e. The molecule has 0 bridgehead atoms. The average Bonchev–Trinajstić information content (AvgIpc) is 3.23. The number of carbonyl (C=O) groups excluding carboxylic acids is 2. The summed E-state index contributed by atoms with van der Waals surface area (Å²) < 4.78 is 6.60. The Bertz CT molecular complexity index is 540. The molecule has 0 saturated heterocycles. The highest BCUT2D eigenvalue weighted by Gasteiger charge is 2.29. The van der Waals surface area contributed by atoms with E-state index >= 15 is 0 Å². The molecule has 0 spiro atoms. The molecule has 1 amide bonds. The number of carbonyl (C=O) groups is 2. The number of hydrogen-bond acceptors (Lipinski definition) is 5. The minimum Gasteiger partial charge on any atom is -0.466 e. The van der Waals surface area contributed by atoms with Gasteiger partial charge in [0.1, 0.15) is 5.03 Å². The van der Waals surface area contributed by atoms with Crippen LogP contribution in [0.1, 0.15) is 36.5 Å². The third-order valence-electron chi connectivity index (χ3n) is 3.57. The van der Waals surface area contributed by atoms with Crippen molar-refractivity contribution in [2.75, 3.05) is 26.0 Å². The zero-order valence-electron chi connectivity index (χ0n) is 13.4. The Labute approximate surface area is 135 Å². The fraction of sp³-hybridized carbons (Fsp3) is 0.667. The smallest absolute Gasteiger partial charge is 0.307 e. The number of nitrogens with zero attached hydrogens (tertiary/aromatic N) is 3. The normalized spacial score (nSPS) is 14.0. The molecular weight excluding hydrogens is 302 g/mol. The zero-order valence-corrected chi connectivity index (χ0v) is 14.2. The van der Waals surface area contributed by atoms with Crippen LogP contribution in [0.3, 0.4) is 0 Å². The third-order valence-corrected chi connectivity index (χ3v) is 4.26. The second-order valence-corrected chi connectivity index (χ2v) is 6.27. The van der Waals surface area contributed by atoms with Crippen molar-refractivity contribution in [1.82, 2.24) is 14.7 Å². The van der Waals surface area contributed by atoms with Crippen LogP contribution in [0.5, 0.6) is 0 Å². The predicted octanol–water partition coefficient (Wildman–Crippen LogP) is 1.95. The molecule has 1 aliphatic rings. The van der Waals surface area contributed by atoms with Gasteiger partial charge in [0, 0.05) is 26.3 Å². The first kappa shape index (κ1) is 16.9. The Hall–Kier alpha value is -1.50. The van der Waals surface area contributed by atoms with Gasteiger partial charge in [0.05, 0.1) is 18.6 Å². The molecule has 22 heavy (non-hydrogen) atoms. The Morgan fingerprint density at radius 2 is 2.23 bits per heavy atom. The van der Waals surface area contributed by atoms with Crippen LogP contribution < -0.4 is 0 Å². The maximum atomic E-state index is 12.8. The van der Waals surface area contributed by atoms with Crippen LogP contribution in [0.4, 0.5) is 0 Å². The van der Waals surface area contributed by atoms with Crippen molar-refractivity contribution in [1.29, 1.82) is 0 Å². The number of hydrogen-bond donors (Lipinski definition) is 0. The van der Waals surface area contributed by atoms with E-state index in [0.29, 0.717) is 31.2 Å². The number of aromatic nitrogens is 2. The van der Waals surface area contributed by atoms with E-state index in [1.807, 2.05) is 6.26 Å². The second kappa shape index (κ2) is 7.67. The van der Waals surface area contributed by atoms with Crippen molar-refractivity contribution in [2.24, 2.45) is 13.0 Å². The quantitative estimate of drug-likeness (QED) is 0.540. The van der Waals surface area contributed by atoms with Gasteiger partial charge in [-0.1, -0.05) is 0 Å². The van der Waals surface area contributed by atoms with Crippen LogP contribution in [0.25, 0.3) is 0 Å². The van der Waals surface area contributed by atoms with E-state index in [2.05, 4.69) is 5.10 Å². The maximum absolute atomic E-state index is 12.8. The molecule has 1 heterocycles. The monoisotopic (exact) mass is 325 g/mol. The minimum absolute atomic E-state index is 0.0475. The van der Waals surface area contributed by atoms with Crippen molar-refractivity contribution in [3.8, 4) is 0 Å². The number of ether oxygens (including phenoxy) is 1. The number of amides is 1. The average molecular weight is 325 g/mol. The topological polar surface area (TPSA) is 64.4 Å². The molecule has 0 radical (unpaired) electrons. The molecule has 0 unspecified atom stereocenters. The molecule has 122 valence electrons. The van der Waals surface area contributed by atoms with Gasteiger partial charge in [0.15, 0.2) is 0 Å². The summed E-state index contributed by atoms with van der Waals surface area (Å²) in [6.45, 7) is 3.26. The molecular formula is C15H23N3O3S. The highest BCUT2D eigenvalue weighted by atomic mass is 32.2. The first-order chi connectivity index (χ1) is 10.5. The Balaban J connectivity index is 2.06. The van der Waals surface area contributed by atoms with E-state index in [9.17, 15) is 9.59 Å². The highest BCUT2D eigenvalue weighted by molar-refractivity contribution is 7.98. The Morgan fingerprint density at radius 1 is 1.50 bits per heavy atom. The van der Waals surface area contributed by atoms with Crippen LogP contribution in [0.2, 0.25) is 0 Å². The van der Waals surface area contributed by atoms with E-state index in [-0.39, 0.29) is 18.3 Å². The lowest BCUT2D eigenvalue weighted by Gasteiger charge is -2.22. The van der Waals surface area contributed by atoms with Crippen LogP contribution >= 0.6 is 11.8 Å². The molecule has 0 N–H and O–H groups in total. The van der Waals surface area contributed by atoms with Crippen molar-refractivity contribution in [3.63, 3.8) is 0 Å². The van der Waals surface area contributed by atoms with Gasteiger partial charge in [-0.15, -0.1) is 11.8 Å². The van der Waals surface area contributed by atoms with E-state index in [1.165, 1.54) is 11.8 Å². The van der Waals surface area contributed by atoms with Crippen LogP contribution in [-0.2, 0) is 16.6 Å². The van der Waals surface area contributed by atoms with E-state index < -0.39 is 0 Å². The van der Waals surface area contributed by atoms with Gasteiger partial charge in [0.2, 0.25) is 0 Å². The van der Waals surface area contributed by atoms with Gasteiger partial charge in [0.25, 0.3) is 5.91 Å². The van der Waals surface area contributed by atoms with E-state index in [0.717, 1.165) is 17.9 Å². The summed E-state index contributed by atoms with van der Waals surface area (Å²) in [5.41, 5.74) is 0.611. The summed E-state index contributed by atoms with van der Waals surface area (Å²) >= 11 is 1.46. The molecule has 1 aromatic heterocycles. The lowest BCUT2D eigenvalue weighted by Crippen LogP contribution is -2.35. The highest BCUT2D eigenvalue weighted by Crippen LogP contribution is 2.30.